The molecule has 1 aromatic carbocycles. The van der Waals surface area contributed by atoms with Crippen LogP contribution in [0, 0.1) is 0 Å². The number of likely N-dealkylation sites (N-methyl/N-ethyl adjacent to an activating group) is 1. The Morgan fingerprint density at radius 3 is 2.94 bits per heavy atom. The maximum absolute atomic E-state index is 5.38. The van der Waals surface area contributed by atoms with Crippen molar-refractivity contribution in [3.05, 3.63) is 29.3 Å². The first-order valence-corrected chi connectivity index (χ1v) is 6.34. The number of hydrogen-bond acceptors (Lipinski definition) is 3. The highest BCUT2D eigenvalue weighted by Crippen LogP contribution is 2.26. The van der Waals surface area contributed by atoms with E-state index in [2.05, 4.69) is 42.4 Å². The minimum atomic E-state index is 0.486. The zero-order chi connectivity index (χ0) is 12.3. The number of piperazine rings is 1. The second kappa shape index (κ2) is 5.52. The van der Waals surface area contributed by atoms with Gasteiger partial charge in [0.15, 0.2) is 0 Å². The van der Waals surface area contributed by atoms with Crippen LogP contribution in [0.4, 0.5) is 0 Å². The predicted molar refractivity (Wildman–Crippen MR) is 70.6 cm³/mol. The van der Waals surface area contributed by atoms with Gasteiger partial charge >= 0.3 is 0 Å². The van der Waals surface area contributed by atoms with Crippen LogP contribution in [0.3, 0.4) is 0 Å². The molecule has 1 aliphatic heterocycles. The number of aryl methyl sites for hydroxylation is 1. The lowest BCUT2D eigenvalue weighted by Crippen LogP contribution is -2.43. The van der Waals surface area contributed by atoms with E-state index in [9.17, 15) is 0 Å². The van der Waals surface area contributed by atoms with E-state index in [1.807, 2.05) is 0 Å². The quantitative estimate of drug-likeness (QED) is 0.863. The number of rotatable bonds is 3. The Hall–Kier alpha value is -1.06. The first-order valence-electron chi connectivity index (χ1n) is 6.34. The summed E-state index contributed by atoms with van der Waals surface area (Å²) in [5.74, 6) is 1.00. The third kappa shape index (κ3) is 2.61. The number of methoxy groups -OCH3 is 1. The summed E-state index contributed by atoms with van der Waals surface area (Å²) in [7, 11) is 3.93. The van der Waals surface area contributed by atoms with Crippen LogP contribution in [0.25, 0.3) is 0 Å². The average molecular weight is 234 g/mol. The fraction of sp³-hybridized carbons (Fsp3) is 0.571. The Kier molecular flexibility index (Phi) is 4.02. The lowest BCUT2D eigenvalue weighted by molar-refractivity contribution is 0.202. The van der Waals surface area contributed by atoms with Crippen molar-refractivity contribution in [3.8, 4) is 5.75 Å². The number of ether oxygens (including phenoxy) is 1. The minimum Gasteiger partial charge on any atom is -0.496 e. The third-order valence-electron chi connectivity index (χ3n) is 3.58. The molecule has 0 aliphatic carbocycles. The number of benzene rings is 1. The normalized spacial score (nSPS) is 21.5. The molecule has 1 fully saturated rings. The standard InChI is InChI=1S/C14H22N2O/c1-4-11-9-12(5-6-14(11)17-3)13-10-15-7-8-16(13)2/h5-6,9,13,15H,4,7-8,10H2,1-3H3. The van der Waals surface area contributed by atoms with Crippen LogP contribution in [0.5, 0.6) is 5.75 Å². The Bertz CT molecular complexity index is 378. The topological polar surface area (TPSA) is 24.5 Å². The van der Waals surface area contributed by atoms with Crippen molar-refractivity contribution in [1.82, 2.24) is 10.2 Å². The van der Waals surface area contributed by atoms with E-state index in [1.165, 1.54) is 11.1 Å². The Morgan fingerprint density at radius 2 is 2.29 bits per heavy atom. The highest BCUT2D eigenvalue weighted by molar-refractivity contribution is 5.38. The molecule has 3 heteroatoms. The number of nitrogens with one attached hydrogen (secondary N) is 1. The molecular formula is C14H22N2O. The first kappa shape index (κ1) is 12.4. The molecule has 17 heavy (non-hydrogen) atoms. The van der Waals surface area contributed by atoms with Crippen LogP contribution < -0.4 is 10.1 Å². The van der Waals surface area contributed by atoms with Gasteiger partial charge in [0.25, 0.3) is 0 Å². The second-order valence-corrected chi connectivity index (χ2v) is 4.63. The molecular weight excluding hydrogens is 212 g/mol. The van der Waals surface area contributed by atoms with Crippen LogP contribution in [-0.4, -0.2) is 38.7 Å². The lowest BCUT2D eigenvalue weighted by atomic mass is 9.99. The molecule has 1 saturated heterocycles. The van der Waals surface area contributed by atoms with Gasteiger partial charge in [0.1, 0.15) is 5.75 Å². The molecule has 1 unspecified atom stereocenters. The maximum atomic E-state index is 5.38. The zero-order valence-corrected chi connectivity index (χ0v) is 11.0. The van der Waals surface area contributed by atoms with Crippen LogP contribution in [0.2, 0.25) is 0 Å². The van der Waals surface area contributed by atoms with E-state index < -0.39 is 0 Å². The molecule has 1 N–H and O–H groups in total. The molecule has 3 nitrogen and oxygen atoms in total. The van der Waals surface area contributed by atoms with Gasteiger partial charge in [0.05, 0.1) is 7.11 Å². The van der Waals surface area contributed by atoms with Gasteiger partial charge in [-0.15, -0.1) is 0 Å². The van der Waals surface area contributed by atoms with Crippen molar-refractivity contribution < 1.29 is 4.74 Å². The molecule has 1 aliphatic rings. The Morgan fingerprint density at radius 1 is 1.47 bits per heavy atom. The van der Waals surface area contributed by atoms with Crippen molar-refractivity contribution in [2.24, 2.45) is 0 Å². The molecule has 1 atom stereocenters. The first-order chi connectivity index (χ1) is 8.26. The number of nitrogens with zero attached hydrogens (tertiary/aromatic N) is 1. The van der Waals surface area contributed by atoms with E-state index in [1.54, 1.807) is 7.11 Å². The van der Waals surface area contributed by atoms with Crippen LogP contribution in [-0.2, 0) is 6.42 Å². The summed E-state index contributed by atoms with van der Waals surface area (Å²) in [4.78, 5) is 2.41. The van der Waals surface area contributed by atoms with Gasteiger partial charge in [-0.25, -0.2) is 0 Å². The van der Waals surface area contributed by atoms with Crippen molar-refractivity contribution in [2.45, 2.75) is 19.4 Å². The van der Waals surface area contributed by atoms with Gasteiger partial charge in [-0.1, -0.05) is 19.1 Å². The fourth-order valence-corrected chi connectivity index (χ4v) is 2.46. The zero-order valence-electron chi connectivity index (χ0n) is 11.0. The summed E-state index contributed by atoms with van der Waals surface area (Å²) in [6.07, 6.45) is 1.01. The SMILES string of the molecule is CCc1cc(C2CNCCN2C)ccc1OC. The summed E-state index contributed by atoms with van der Waals surface area (Å²) in [5.41, 5.74) is 2.68. The summed E-state index contributed by atoms with van der Waals surface area (Å²) < 4.78 is 5.38. The predicted octanol–water partition coefficient (Wildman–Crippen LogP) is 1.83. The monoisotopic (exact) mass is 234 g/mol. The molecule has 0 amide bonds. The van der Waals surface area contributed by atoms with Gasteiger partial charge in [-0.05, 0) is 30.7 Å². The molecule has 0 radical (unpaired) electrons. The minimum absolute atomic E-state index is 0.486. The smallest absolute Gasteiger partial charge is 0.122 e. The highest BCUT2D eigenvalue weighted by Gasteiger charge is 2.20. The van der Waals surface area contributed by atoms with E-state index in [0.29, 0.717) is 6.04 Å². The van der Waals surface area contributed by atoms with Crippen molar-refractivity contribution in [3.63, 3.8) is 0 Å². The van der Waals surface area contributed by atoms with E-state index in [0.717, 1.165) is 31.8 Å². The Balaban J connectivity index is 2.25. The fourth-order valence-electron chi connectivity index (χ4n) is 2.46. The van der Waals surface area contributed by atoms with Crippen LogP contribution >= 0.6 is 0 Å². The van der Waals surface area contributed by atoms with Crippen molar-refractivity contribution in [2.75, 3.05) is 33.8 Å². The maximum Gasteiger partial charge on any atom is 0.122 e. The average Bonchev–Trinajstić information content (AvgIpc) is 2.38. The second-order valence-electron chi connectivity index (χ2n) is 4.63. The Labute approximate surface area is 104 Å². The van der Waals surface area contributed by atoms with Gasteiger partial charge in [0.2, 0.25) is 0 Å². The van der Waals surface area contributed by atoms with Gasteiger partial charge in [0, 0.05) is 25.7 Å². The molecule has 1 heterocycles. The molecule has 0 aromatic heterocycles. The van der Waals surface area contributed by atoms with Gasteiger partial charge < -0.3 is 10.1 Å². The van der Waals surface area contributed by atoms with Crippen LogP contribution in [0.1, 0.15) is 24.1 Å². The molecule has 1 aromatic rings. The van der Waals surface area contributed by atoms with E-state index in [-0.39, 0.29) is 0 Å². The highest BCUT2D eigenvalue weighted by atomic mass is 16.5. The summed E-state index contributed by atoms with van der Waals surface area (Å²) in [6.45, 7) is 5.40. The molecule has 0 bridgehead atoms. The van der Waals surface area contributed by atoms with Gasteiger partial charge in [-0.2, -0.15) is 0 Å². The molecule has 94 valence electrons. The van der Waals surface area contributed by atoms with E-state index in [4.69, 9.17) is 4.74 Å². The molecule has 0 saturated carbocycles. The molecule has 2 rings (SSSR count). The number of hydrogen-bond donors (Lipinski definition) is 1. The van der Waals surface area contributed by atoms with Crippen LogP contribution in [0.15, 0.2) is 18.2 Å². The third-order valence-corrected chi connectivity index (χ3v) is 3.58. The largest absolute Gasteiger partial charge is 0.496 e. The lowest BCUT2D eigenvalue weighted by Gasteiger charge is -2.33. The van der Waals surface area contributed by atoms with Crippen molar-refractivity contribution in [1.29, 1.82) is 0 Å². The summed E-state index contributed by atoms with van der Waals surface area (Å²) in [5, 5.41) is 3.46. The van der Waals surface area contributed by atoms with Crippen molar-refractivity contribution >= 4 is 0 Å². The summed E-state index contributed by atoms with van der Waals surface area (Å²) in [6, 6.07) is 7.05. The molecule has 0 spiro atoms. The van der Waals surface area contributed by atoms with Gasteiger partial charge in [-0.3, -0.25) is 4.90 Å². The summed E-state index contributed by atoms with van der Waals surface area (Å²) >= 11 is 0. The van der Waals surface area contributed by atoms with E-state index >= 15 is 0 Å².